The normalized spacial score (nSPS) is 18.2. The predicted molar refractivity (Wildman–Crippen MR) is 158 cm³/mol. The first-order valence-electron chi connectivity index (χ1n) is 13.7. The molecule has 0 aliphatic carbocycles. The Hall–Kier alpha value is -3.74. The third-order valence-corrected chi connectivity index (χ3v) is 7.05. The number of nitrogens with zero attached hydrogens (tertiary/aromatic N) is 2. The second-order valence-electron chi connectivity index (χ2n) is 10.2. The minimum atomic E-state index is 0.907. The highest BCUT2D eigenvalue weighted by molar-refractivity contribution is 5.30. The van der Waals surface area contributed by atoms with E-state index < -0.39 is 0 Å². The average Bonchev–Trinajstić information content (AvgIpc) is 2.96. The van der Waals surface area contributed by atoms with Crippen molar-refractivity contribution in [2.24, 2.45) is 0 Å². The maximum absolute atomic E-state index is 3.26. The molecule has 0 radical (unpaired) electrons. The van der Waals surface area contributed by atoms with Crippen LogP contribution in [0.1, 0.15) is 11.1 Å². The van der Waals surface area contributed by atoms with Gasteiger partial charge in [0.1, 0.15) is 0 Å². The van der Waals surface area contributed by atoms with E-state index >= 15 is 0 Å². The molecule has 0 fully saturated rings. The molecule has 38 heavy (non-hydrogen) atoms. The lowest BCUT2D eigenvalue weighted by atomic mass is 10.1. The van der Waals surface area contributed by atoms with Crippen LogP contribution in [0.4, 0.5) is 0 Å². The maximum Gasteiger partial charge on any atom is 0.0331 e. The van der Waals surface area contributed by atoms with Crippen molar-refractivity contribution < 1.29 is 0 Å². The molecular weight excluding hydrogens is 468 g/mol. The van der Waals surface area contributed by atoms with Crippen molar-refractivity contribution in [2.45, 2.75) is 13.1 Å². The van der Waals surface area contributed by atoms with Crippen LogP contribution < -0.4 is 21.3 Å². The molecule has 4 N–H and O–H groups in total. The third-order valence-electron chi connectivity index (χ3n) is 7.05. The van der Waals surface area contributed by atoms with Gasteiger partial charge < -0.3 is 21.3 Å². The standard InChI is InChI=1S/C32H40N6/c1-2-28(22-38(25-31-9-17-35-18-10-31)26-32-11-19-36-20-12-32)4-3-27(1)21-37(23-29-5-13-33-14-6-29)24-30-7-15-34-16-8-30/h1-13,15,17,19,33-36H,14,16,18,20-26H2. The molecule has 0 saturated heterocycles. The summed E-state index contributed by atoms with van der Waals surface area (Å²) >= 11 is 0. The van der Waals surface area contributed by atoms with Crippen LogP contribution in [0, 0.1) is 0 Å². The number of hydrogen-bond donors (Lipinski definition) is 4. The van der Waals surface area contributed by atoms with Gasteiger partial charge in [-0.05, 0) is 82.5 Å². The van der Waals surface area contributed by atoms with Gasteiger partial charge in [-0.15, -0.1) is 0 Å². The molecule has 0 spiro atoms. The van der Waals surface area contributed by atoms with E-state index in [9.17, 15) is 0 Å². The first-order valence-corrected chi connectivity index (χ1v) is 13.7. The van der Waals surface area contributed by atoms with Gasteiger partial charge in [-0.2, -0.15) is 0 Å². The Kier molecular flexibility index (Phi) is 9.34. The lowest BCUT2D eigenvalue weighted by molar-refractivity contribution is 0.313. The Labute approximate surface area is 227 Å². The molecule has 0 atom stereocenters. The molecule has 198 valence electrons. The molecule has 1 aromatic rings. The van der Waals surface area contributed by atoms with Gasteiger partial charge in [0.15, 0.2) is 0 Å². The monoisotopic (exact) mass is 508 g/mol. The summed E-state index contributed by atoms with van der Waals surface area (Å²) in [6.45, 7) is 9.26. The third kappa shape index (κ3) is 8.13. The average molecular weight is 509 g/mol. The SMILES string of the molecule is C1=CC(CN(CC2=CCNC=C2)Cc2ccc(CN(CC3=CCNC=C3)CC3=CCNC=C3)cc2)=CCN1. The fourth-order valence-electron chi connectivity index (χ4n) is 5.07. The van der Waals surface area contributed by atoms with Gasteiger partial charge in [0.2, 0.25) is 0 Å². The zero-order valence-corrected chi connectivity index (χ0v) is 22.2. The predicted octanol–water partition coefficient (Wildman–Crippen LogP) is 3.46. The summed E-state index contributed by atoms with van der Waals surface area (Å²) in [5.41, 5.74) is 8.19. The van der Waals surface area contributed by atoms with Crippen molar-refractivity contribution in [3.05, 3.63) is 131 Å². The molecule has 0 amide bonds. The van der Waals surface area contributed by atoms with Crippen LogP contribution in [0.15, 0.2) is 120 Å². The maximum atomic E-state index is 3.26. The molecule has 0 bridgehead atoms. The van der Waals surface area contributed by atoms with Crippen molar-refractivity contribution in [3.8, 4) is 0 Å². The fourth-order valence-corrected chi connectivity index (χ4v) is 5.07. The zero-order valence-electron chi connectivity index (χ0n) is 22.2. The minimum Gasteiger partial charge on any atom is -0.387 e. The van der Waals surface area contributed by atoms with Gasteiger partial charge >= 0.3 is 0 Å². The van der Waals surface area contributed by atoms with Crippen molar-refractivity contribution in [3.63, 3.8) is 0 Å². The van der Waals surface area contributed by atoms with E-state index in [-0.39, 0.29) is 0 Å². The van der Waals surface area contributed by atoms with E-state index in [2.05, 4.69) is 129 Å². The van der Waals surface area contributed by atoms with Gasteiger partial charge in [-0.1, -0.05) is 48.6 Å². The van der Waals surface area contributed by atoms with Crippen LogP contribution in [-0.2, 0) is 13.1 Å². The van der Waals surface area contributed by atoms with E-state index in [1.807, 2.05) is 0 Å². The fraction of sp³-hybridized carbons (Fsp3) is 0.312. The molecule has 6 nitrogen and oxygen atoms in total. The largest absolute Gasteiger partial charge is 0.387 e. The smallest absolute Gasteiger partial charge is 0.0331 e. The molecule has 4 aliphatic rings. The number of hydrogen-bond acceptors (Lipinski definition) is 6. The highest BCUT2D eigenvalue weighted by Gasteiger charge is 2.14. The summed E-state index contributed by atoms with van der Waals surface area (Å²) in [6.07, 6.45) is 26.2. The van der Waals surface area contributed by atoms with E-state index in [4.69, 9.17) is 0 Å². The Morgan fingerprint density at radius 3 is 0.947 bits per heavy atom. The quantitative estimate of drug-likeness (QED) is 0.347. The van der Waals surface area contributed by atoms with Crippen molar-refractivity contribution in [1.29, 1.82) is 0 Å². The van der Waals surface area contributed by atoms with E-state index in [1.165, 1.54) is 33.4 Å². The summed E-state index contributed by atoms with van der Waals surface area (Å²) in [4.78, 5) is 5.08. The number of nitrogens with one attached hydrogen (secondary N) is 4. The van der Waals surface area contributed by atoms with Gasteiger partial charge in [0, 0.05) is 65.4 Å². The van der Waals surface area contributed by atoms with Crippen LogP contribution in [0.25, 0.3) is 0 Å². The molecule has 4 heterocycles. The van der Waals surface area contributed by atoms with Crippen LogP contribution in [0.5, 0.6) is 0 Å². The molecule has 0 aromatic heterocycles. The summed E-state index contributed by atoms with van der Waals surface area (Å²) in [5.74, 6) is 0. The number of rotatable bonds is 12. The number of dihydropyridines is 4. The Morgan fingerprint density at radius 2 is 0.711 bits per heavy atom. The Balaban J connectivity index is 1.24. The van der Waals surface area contributed by atoms with Crippen molar-refractivity contribution >= 4 is 0 Å². The summed E-state index contributed by atoms with van der Waals surface area (Å²) in [7, 11) is 0. The lowest BCUT2D eigenvalue weighted by Crippen LogP contribution is -2.30. The summed E-state index contributed by atoms with van der Waals surface area (Å²) < 4.78 is 0. The summed E-state index contributed by atoms with van der Waals surface area (Å²) in [5, 5.41) is 13.0. The highest BCUT2D eigenvalue weighted by atomic mass is 15.1. The zero-order chi connectivity index (χ0) is 25.8. The number of benzene rings is 1. The van der Waals surface area contributed by atoms with Crippen LogP contribution in [0.3, 0.4) is 0 Å². The second-order valence-corrected chi connectivity index (χ2v) is 10.2. The minimum absolute atomic E-state index is 0.907. The Morgan fingerprint density at radius 1 is 0.421 bits per heavy atom. The molecule has 0 saturated carbocycles. The molecule has 4 aliphatic heterocycles. The van der Waals surface area contributed by atoms with E-state index in [0.29, 0.717) is 0 Å². The van der Waals surface area contributed by atoms with Crippen molar-refractivity contribution in [1.82, 2.24) is 31.1 Å². The van der Waals surface area contributed by atoms with Gasteiger partial charge in [0.25, 0.3) is 0 Å². The first-order chi connectivity index (χ1) is 18.8. The van der Waals surface area contributed by atoms with E-state index in [0.717, 1.165) is 65.4 Å². The second kappa shape index (κ2) is 13.7. The van der Waals surface area contributed by atoms with Crippen LogP contribution in [-0.4, -0.2) is 62.2 Å². The molecule has 5 rings (SSSR count). The van der Waals surface area contributed by atoms with Gasteiger partial charge in [-0.25, -0.2) is 0 Å². The lowest BCUT2D eigenvalue weighted by Gasteiger charge is -2.26. The van der Waals surface area contributed by atoms with Crippen LogP contribution >= 0.6 is 0 Å². The highest BCUT2D eigenvalue weighted by Crippen LogP contribution is 2.17. The van der Waals surface area contributed by atoms with Gasteiger partial charge in [0.05, 0.1) is 0 Å². The van der Waals surface area contributed by atoms with Crippen LogP contribution in [0.2, 0.25) is 0 Å². The molecule has 0 unspecified atom stereocenters. The Bertz CT molecular complexity index is 1020. The first kappa shape index (κ1) is 25.9. The summed E-state index contributed by atoms with van der Waals surface area (Å²) in [6, 6.07) is 9.25. The van der Waals surface area contributed by atoms with Gasteiger partial charge in [-0.3, -0.25) is 9.80 Å². The molecule has 1 aromatic carbocycles. The van der Waals surface area contributed by atoms with E-state index in [1.54, 1.807) is 0 Å². The molecular formula is C32H40N6. The molecule has 6 heteroatoms. The van der Waals surface area contributed by atoms with Crippen molar-refractivity contribution in [2.75, 3.05) is 52.4 Å². The topological polar surface area (TPSA) is 54.6 Å².